The van der Waals surface area contributed by atoms with Crippen LogP contribution in [0.1, 0.15) is 41.1 Å². The van der Waals surface area contributed by atoms with E-state index in [4.69, 9.17) is 0 Å². The normalized spacial score (nSPS) is 25.1. The van der Waals surface area contributed by atoms with Gasteiger partial charge in [-0.3, -0.25) is 9.59 Å². The summed E-state index contributed by atoms with van der Waals surface area (Å²) < 4.78 is 0. The fourth-order valence-electron chi connectivity index (χ4n) is 3.02. The van der Waals surface area contributed by atoms with Gasteiger partial charge in [-0.15, -0.1) is 0 Å². The molecular formula is C15H21N3O3. The lowest BCUT2D eigenvalue weighted by atomic mass is 10.0. The van der Waals surface area contributed by atoms with Gasteiger partial charge in [0, 0.05) is 44.9 Å². The van der Waals surface area contributed by atoms with E-state index in [9.17, 15) is 14.7 Å². The van der Waals surface area contributed by atoms with Crippen molar-refractivity contribution in [1.82, 2.24) is 15.2 Å². The number of hydrogen-bond acceptors (Lipinski definition) is 3. The van der Waals surface area contributed by atoms with Gasteiger partial charge in [-0.2, -0.15) is 0 Å². The molecule has 1 aliphatic heterocycles. The minimum atomic E-state index is -0.630. The number of carbonyl (C=O) groups excluding carboxylic acids is 2. The third-order valence-corrected chi connectivity index (χ3v) is 4.45. The zero-order chi connectivity index (χ0) is 15.0. The zero-order valence-corrected chi connectivity index (χ0v) is 12.1. The third kappa shape index (κ3) is 2.81. The topological polar surface area (TPSA) is 85.4 Å². The summed E-state index contributed by atoms with van der Waals surface area (Å²) in [4.78, 5) is 28.7. The predicted octanol–water partition coefficient (Wildman–Crippen LogP) is 0.461. The number of aromatic nitrogens is 1. The van der Waals surface area contributed by atoms with Gasteiger partial charge in [-0.05, 0) is 24.3 Å². The van der Waals surface area contributed by atoms with Gasteiger partial charge in [0.05, 0.1) is 11.7 Å². The number of amides is 2. The number of carbonyl (C=O) groups is 2. The molecule has 0 spiro atoms. The summed E-state index contributed by atoms with van der Waals surface area (Å²) in [6, 6.07) is 0. The highest BCUT2D eigenvalue weighted by Gasteiger charge is 2.37. The van der Waals surface area contributed by atoms with Crippen LogP contribution >= 0.6 is 0 Å². The Kier molecular flexibility index (Phi) is 3.71. The molecule has 0 unspecified atom stereocenters. The molecule has 2 heterocycles. The molecule has 0 aromatic carbocycles. The van der Waals surface area contributed by atoms with E-state index in [0.29, 0.717) is 24.6 Å². The van der Waals surface area contributed by atoms with Gasteiger partial charge in [0.1, 0.15) is 0 Å². The molecule has 6 heteroatoms. The van der Waals surface area contributed by atoms with Crippen molar-refractivity contribution in [3.8, 4) is 0 Å². The smallest absolute Gasteiger partial charge is 0.255 e. The summed E-state index contributed by atoms with van der Waals surface area (Å²) in [5.74, 6) is 0.173. The lowest BCUT2D eigenvalue weighted by Crippen LogP contribution is -2.30. The van der Waals surface area contributed by atoms with E-state index in [0.717, 1.165) is 18.4 Å². The highest BCUT2D eigenvalue weighted by molar-refractivity contribution is 5.96. The fourth-order valence-corrected chi connectivity index (χ4v) is 3.02. The molecule has 2 aliphatic rings. The molecule has 1 aromatic heterocycles. The maximum atomic E-state index is 12.6. The number of nitrogens with zero attached hydrogens (tertiary/aromatic N) is 1. The lowest BCUT2D eigenvalue weighted by Gasteiger charge is -2.16. The molecule has 2 amide bonds. The number of H-pyrrole nitrogens is 1. The Morgan fingerprint density at radius 1 is 1.38 bits per heavy atom. The van der Waals surface area contributed by atoms with Gasteiger partial charge < -0.3 is 20.3 Å². The van der Waals surface area contributed by atoms with Crippen LogP contribution in [0.3, 0.4) is 0 Å². The molecule has 0 bridgehead atoms. The number of β-amino-alcohol motifs (C(OH)–C–C–N with tert-alkyl or cyclic N) is 1. The first kappa shape index (κ1) is 14.1. The summed E-state index contributed by atoms with van der Waals surface area (Å²) >= 11 is 0. The number of aliphatic hydroxyl groups is 1. The van der Waals surface area contributed by atoms with Crippen LogP contribution in [0.15, 0.2) is 12.4 Å². The standard InChI is InChI=1S/C15H21N3O3/c1-16-14(20)4-10-7-18(8-13(10)19)15(21)12-6-17-5-11(12)9-2-3-9/h5-6,9-10,13,17,19H,2-4,7-8H2,1H3,(H,16,20)/t10-,13-/m1/s1. The predicted molar refractivity (Wildman–Crippen MR) is 76.9 cm³/mol. The van der Waals surface area contributed by atoms with E-state index in [1.54, 1.807) is 18.1 Å². The Morgan fingerprint density at radius 2 is 2.14 bits per heavy atom. The van der Waals surface area contributed by atoms with E-state index in [1.807, 2.05) is 6.20 Å². The Labute approximate surface area is 123 Å². The average Bonchev–Trinajstić information content (AvgIpc) is 3.09. The molecule has 21 heavy (non-hydrogen) atoms. The van der Waals surface area contributed by atoms with Crippen molar-refractivity contribution in [3.05, 3.63) is 23.5 Å². The van der Waals surface area contributed by atoms with Crippen molar-refractivity contribution in [2.75, 3.05) is 20.1 Å². The number of rotatable bonds is 4. The summed E-state index contributed by atoms with van der Waals surface area (Å²) in [7, 11) is 1.58. The molecule has 2 fully saturated rings. The van der Waals surface area contributed by atoms with Crippen LogP contribution in [0.5, 0.6) is 0 Å². The Bertz CT molecular complexity index is 550. The Hall–Kier alpha value is -1.82. The first-order chi connectivity index (χ1) is 10.1. The Morgan fingerprint density at radius 3 is 2.81 bits per heavy atom. The summed E-state index contributed by atoms with van der Waals surface area (Å²) in [6.45, 7) is 0.735. The third-order valence-electron chi connectivity index (χ3n) is 4.45. The highest BCUT2D eigenvalue weighted by Crippen LogP contribution is 2.42. The second-order valence-electron chi connectivity index (χ2n) is 6.01. The van der Waals surface area contributed by atoms with Gasteiger partial charge in [-0.25, -0.2) is 0 Å². The average molecular weight is 291 g/mol. The molecule has 3 rings (SSSR count). The van der Waals surface area contributed by atoms with Crippen LogP contribution in [-0.2, 0) is 4.79 Å². The second kappa shape index (κ2) is 5.52. The molecule has 1 aliphatic carbocycles. The van der Waals surface area contributed by atoms with Gasteiger partial charge in [-0.1, -0.05) is 0 Å². The molecule has 3 N–H and O–H groups in total. The molecule has 6 nitrogen and oxygen atoms in total. The van der Waals surface area contributed by atoms with Crippen LogP contribution in [0.25, 0.3) is 0 Å². The molecule has 2 atom stereocenters. The van der Waals surface area contributed by atoms with Crippen molar-refractivity contribution in [2.24, 2.45) is 5.92 Å². The van der Waals surface area contributed by atoms with Gasteiger partial charge in [0.2, 0.25) is 5.91 Å². The minimum absolute atomic E-state index is 0.0448. The molecule has 0 radical (unpaired) electrons. The van der Waals surface area contributed by atoms with Crippen molar-refractivity contribution in [2.45, 2.75) is 31.3 Å². The molecule has 1 saturated carbocycles. The van der Waals surface area contributed by atoms with E-state index in [-0.39, 0.29) is 24.2 Å². The zero-order valence-electron chi connectivity index (χ0n) is 12.1. The second-order valence-corrected chi connectivity index (χ2v) is 6.01. The monoisotopic (exact) mass is 291 g/mol. The van der Waals surface area contributed by atoms with Crippen LogP contribution in [0.4, 0.5) is 0 Å². The van der Waals surface area contributed by atoms with Gasteiger partial charge in [0.25, 0.3) is 5.91 Å². The largest absolute Gasteiger partial charge is 0.391 e. The molecule has 1 saturated heterocycles. The first-order valence-corrected chi connectivity index (χ1v) is 7.44. The maximum absolute atomic E-state index is 12.6. The van der Waals surface area contributed by atoms with Crippen molar-refractivity contribution in [3.63, 3.8) is 0 Å². The van der Waals surface area contributed by atoms with Gasteiger partial charge >= 0.3 is 0 Å². The summed E-state index contributed by atoms with van der Waals surface area (Å²) in [5, 5.41) is 12.6. The van der Waals surface area contributed by atoms with E-state index >= 15 is 0 Å². The van der Waals surface area contributed by atoms with Crippen molar-refractivity contribution in [1.29, 1.82) is 0 Å². The number of likely N-dealkylation sites (tertiary alicyclic amines) is 1. The number of aromatic amines is 1. The van der Waals surface area contributed by atoms with E-state index < -0.39 is 6.10 Å². The Balaban J connectivity index is 1.68. The SMILES string of the molecule is CNC(=O)C[C@@H]1CN(C(=O)c2c[nH]cc2C2CC2)C[C@H]1O. The van der Waals surface area contributed by atoms with Crippen molar-refractivity contribution < 1.29 is 14.7 Å². The summed E-state index contributed by atoms with van der Waals surface area (Å²) in [6.07, 6.45) is 5.55. The molecule has 1 aromatic rings. The maximum Gasteiger partial charge on any atom is 0.255 e. The minimum Gasteiger partial charge on any atom is -0.391 e. The van der Waals surface area contributed by atoms with E-state index in [2.05, 4.69) is 10.3 Å². The van der Waals surface area contributed by atoms with E-state index in [1.165, 1.54) is 0 Å². The lowest BCUT2D eigenvalue weighted by molar-refractivity contribution is -0.122. The van der Waals surface area contributed by atoms with Crippen molar-refractivity contribution >= 4 is 11.8 Å². The van der Waals surface area contributed by atoms with Crippen LogP contribution < -0.4 is 5.32 Å². The van der Waals surface area contributed by atoms with Gasteiger partial charge in [0.15, 0.2) is 0 Å². The van der Waals surface area contributed by atoms with Crippen LogP contribution in [0.2, 0.25) is 0 Å². The number of nitrogens with one attached hydrogen (secondary N) is 2. The number of hydrogen-bond donors (Lipinski definition) is 3. The highest BCUT2D eigenvalue weighted by atomic mass is 16.3. The number of aliphatic hydroxyl groups excluding tert-OH is 1. The first-order valence-electron chi connectivity index (χ1n) is 7.44. The quantitative estimate of drug-likeness (QED) is 0.753. The van der Waals surface area contributed by atoms with Crippen LogP contribution in [0, 0.1) is 5.92 Å². The fraction of sp³-hybridized carbons (Fsp3) is 0.600. The van der Waals surface area contributed by atoms with Crippen LogP contribution in [-0.4, -0.2) is 53.0 Å². The molecule has 114 valence electrons. The summed E-state index contributed by atoms with van der Waals surface area (Å²) in [5.41, 5.74) is 1.80. The molecular weight excluding hydrogens is 270 g/mol.